The van der Waals surface area contributed by atoms with Crippen molar-refractivity contribution in [1.29, 1.82) is 0 Å². The van der Waals surface area contributed by atoms with Gasteiger partial charge in [-0.1, -0.05) is 55.4 Å². The number of hydrogen-bond acceptors (Lipinski definition) is 2. The standard InChI is InChI=1S/C30H64N6O/c1-9-19-33(20-10-2)29(34(21-11-3)22-12-4)31-17-27-37-28-18-32-30(35(23-13-5)24-14-6)36(25-15-7)26-16-8/h9-28H2,1-8H3/p+1. The topological polar surface area (TPSA) is 46.4 Å². The van der Waals surface area contributed by atoms with E-state index in [1.54, 1.807) is 0 Å². The lowest BCUT2D eigenvalue weighted by atomic mass is 10.3. The van der Waals surface area contributed by atoms with E-state index in [0.717, 1.165) is 117 Å². The molecule has 0 aromatic carbocycles. The predicted molar refractivity (Wildman–Crippen MR) is 163 cm³/mol. The minimum Gasteiger partial charge on any atom is -0.376 e. The van der Waals surface area contributed by atoms with E-state index in [4.69, 9.17) is 9.73 Å². The van der Waals surface area contributed by atoms with Crippen molar-refractivity contribution >= 4 is 11.9 Å². The Morgan fingerprint density at radius 2 is 1.03 bits per heavy atom. The van der Waals surface area contributed by atoms with Gasteiger partial charge in [0.15, 0.2) is 5.96 Å². The average Bonchev–Trinajstić information content (AvgIpc) is 2.88. The van der Waals surface area contributed by atoms with Crippen molar-refractivity contribution in [2.45, 2.75) is 107 Å². The molecule has 0 heterocycles. The lowest BCUT2D eigenvalue weighted by molar-refractivity contribution is -0.535. The Morgan fingerprint density at radius 1 is 0.595 bits per heavy atom. The van der Waals surface area contributed by atoms with Gasteiger partial charge in [-0.05, 0) is 51.4 Å². The van der Waals surface area contributed by atoms with Crippen LogP contribution < -0.4 is 5.32 Å². The van der Waals surface area contributed by atoms with E-state index in [1.165, 1.54) is 11.9 Å². The summed E-state index contributed by atoms with van der Waals surface area (Å²) < 4.78 is 8.61. The van der Waals surface area contributed by atoms with E-state index in [-0.39, 0.29) is 0 Å². The largest absolute Gasteiger partial charge is 0.376 e. The van der Waals surface area contributed by atoms with E-state index in [0.29, 0.717) is 13.2 Å². The highest BCUT2D eigenvalue weighted by molar-refractivity contribution is 5.80. The molecule has 0 aromatic rings. The molecule has 0 unspecified atom stereocenters. The van der Waals surface area contributed by atoms with Crippen molar-refractivity contribution < 1.29 is 9.31 Å². The van der Waals surface area contributed by atoms with Crippen molar-refractivity contribution in [3.05, 3.63) is 0 Å². The summed E-state index contributed by atoms with van der Waals surface area (Å²) >= 11 is 0. The maximum Gasteiger partial charge on any atom is 0.348 e. The van der Waals surface area contributed by atoms with Gasteiger partial charge in [-0.2, -0.15) is 0 Å². The van der Waals surface area contributed by atoms with E-state index in [1.807, 2.05) is 0 Å². The first-order chi connectivity index (χ1) is 18.1. The van der Waals surface area contributed by atoms with Crippen LogP contribution in [0, 0.1) is 0 Å². The number of aliphatic imine (C=N–C) groups is 1. The first-order valence-corrected chi connectivity index (χ1v) is 15.8. The summed E-state index contributed by atoms with van der Waals surface area (Å²) in [5, 5.41) is 3.75. The van der Waals surface area contributed by atoms with E-state index in [2.05, 4.69) is 80.0 Å². The van der Waals surface area contributed by atoms with Crippen LogP contribution in [0.1, 0.15) is 107 Å². The van der Waals surface area contributed by atoms with Gasteiger partial charge < -0.3 is 14.5 Å². The van der Waals surface area contributed by atoms with Crippen LogP contribution in [0.2, 0.25) is 0 Å². The Balaban J connectivity index is 5.20. The van der Waals surface area contributed by atoms with Crippen LogP contribution in [-0.4, -0.2) is 110 Å². The molecule has 0 fully saturated rings. The fourth-order valence-electron chi connectivity index (χ4n) is 4.80. The third kappa shape index (κ3) is 15.5. The second kappa shape index (κ2) is 24.8. The molecule has 37 heavy (non-hydrogen) atoms. The van der Waals surface area contributed by atoms with Crippen molar-refractivity contribution in [3.63, 3.8) is 0 Å². The molecule has 220 valence electrons. The van der Waals surface area contributed by atoms with E-state index in [9.17, 15) is 0 Å². The third-order valence-corrected chi connectivity index (χ3v) is 6.13. The molecule has 0 aliphatic carbocycles. The Labute approximate surface area is 231 Å². The Kier molecular flexibility index (Phi) is 23.8. The van der Waals surface area contributed by atoms with Gasteiger partial charge in [0.05, 0.1) is 52.5 Å². The maximum absolute atomic E-state index is 6.08. The molecule has 0 amide bonds. The predicted octanol–water partition coefficient (Wildman–Crippen LogP) is 5.50. The number of ether oxygens (including phenoxy) is 1. The smallest absolute Gasteiger partial charge is 0.348 e. The minimum atomic E-state index is 0.667. The highest BCUT2D eigenvalue weighted by Gasteiger charge is 2.21. The summed E-state index contributed by atoms with van der Waals surface area (Å²) in [6.07, 6.45) is 9.22. The Morgan fingerprint density at radius 3 is 1.43 bits per heavy atom. The Bertz CT molecular complexity index is 536. The first kappa shape index (κ1) is 35.5. The van der Waals surface area contributed by atoms with Crippen molar-refractivity contribution in [3.8, 4) is 0 Å². The molecule has 0 saturated carbocycles. The molecule has 0 rings (SSSR count). The van der Waals surface area contributed by atoms with Crippen LogP contribution in [0.5, 0.6) is 0 Å². The van der Waals surface area contributed by atoms with Crippen molar-refractivity contribution in [1.82, 2.24) is 20.0 Å². The summed E-state index contributed by atoms with van der Waals surface area (Å²) in [7, 11) is 0. The lowest BCUT2D eigenvalue weighted by Crippen LogP contribution is -2.49. The van der Waals surface area contributed by atoms with Crippen LogP contribution in [0.25, 0.3) is 0 Å². The van der Waals surface area contributed by atoms with Crippen LogP contribution in [0.3, 0.4) is 0 Å². The normalized spacial score (nSPS) is 10.8. The van der Waals surface area contributed by atoms with E-state index >= 15 is 0 Å². The van der Waals surface area contributed by atoms with E-state index < -0.39 is 0 Å². The number of nitrogens with zero attached hydrogens (tertiary/aromatic N) is 5. The van der Waals surface area contributed by atoms with Gasteiger partial charge in [-0.25, -0.2) is 0 Å². The van der Waals surface area contributed by atoms with Gasteiger partial charge in [0, 0.05) is 26.2 Å². The zero-order valence-electron chi connectivity index (χ0n) is 26.3. The second-order valence-corrected chi connectivity index (χ2v) is 9.99. The maximum atomic E-state index is 6.08. The van der Waals surface area contributed by atoms with Gasteiger partial charge in [-0.15, -0.1) is 0 Å². The van der Waals surface area contributed by atoms with Gasteiger partial charge >= 0.3 is 5.96 Å². The van der Waals surface area contributed by atoms with Crippen LogP contribution >= 0.6 is 0 Å². The molecule has 1 N–H and O–H groups in total. The third-order valence-electron chi connectivity index (χ3n) is 6.13. The molecule has 0 aliphatic heterocycles. The van der Waals surface area contributed by atoms with Crippen molar-refractivity contribution in [2.24, 2.45) is 4.99 Å². The highest BCUT2D eigenvalue weighted by Crippen LogP contribution is 2.06. The SMILES string of the molecule is CCCN(CCC)C(=NCCOCCNC(N(CCC)CCC)=[N+](CCC)CCC)N(CCC)CCC. The number of nitrogens with one attached hydrogen (secondary N) is 1. The molecule has 7 heteroatoms. The van der Waals surface area contributed by atoms with Gasteiger partial charge in [0.1, 0.15) is 0 Å². The summed E-state index contributed by atoms with van der Waals surface area (Å²) in [5.41, 5.74) is 0. The van der Waals surface area contributed by atoms with Gasteiger partial charge in [0.25, 0.3) is 0 Å². The van der Waals surface area contributed by atoms with Crippen molar-refractivity contribution in [2.75, 3.05) is 78.7 Å². The molecule has 0 saturated heterocycles. The molecule has 0 spiro atoms. The first-order valence-electron chi connectivity index (χ1n) is 15.8. The molecular formula is C30H65N6O+. The molecule has 7 nitrogen and oxygen atoms in total. The average molecular weight is 526 g/mol. The molecule has 0 aromatic heterocycles. The monoisotopic (exact) mass is 526 g/mol. The lowest BCUT2D eigenvalue weighted by Gasteiger charge is -2.34. The number of rotatable bonds is 22. The second-order valence-electron chi connectivity index (χ2n) is 9.99. The number of hydrogen-bond donors (Lipinski definition) is 1. The fraction of sp³-hybridized carbons (Fsp3) is 0.933. The quantitative estimate of drug-likeness (QED) is 0.0875. The van der Waals surface area contributed by atoms with Crippen LogP contribution in [0.15, 0.2) is 4.99 Å². The summed E-state index contributed by atoms with van der Waals surface area (Å²) in [6, 6.07) is 0. The summed E-state index contributed by atoms with van der Waals surface area (Å²) in [6.45, 7) is 29.7. The highest BCUT2D eigenvalue weighted by atomic mass is 16.5. The summed E-state index contributed by atoms with van der Waals surface area (Å²) in [5.74, 6) is 2.47. The molecule has 0 aliphatic rings. The molecule has 0 atom stereocenters. The summed E-state index contributed by atoms with van der Waals surface area (Å²) in [4.78, 5) is 12.6. The van der Waals surface area contributed by atoms with Crippen LogP contribution in [0.4, 0.5) is 0 Å². The zero-order chi connectivity index (χ0) is 27.7. The Hall–Kier alpha value is -1.50. The molecule has 0 bridgehead atoms. The molecular weight excluding hydrogens is 460 g/mol. The zero-order valence-corrected chi connectivity index (χ0v) is 26.3. The number of guanidine groups is 2. The van der Waals surface area contributed by atoms with Gasteiger partial charge in [-0.3, -0.25) is 19.8 Å². The fourth-order valence-corrected chi connectivity index (χ4v) is 4.80. The molecule has 0 radical (unpaired) electrons. The minimum absolute atomic E-state index is 0.667. The van der Waals surface area contributed by atoms with Gasteiger partial charge in [0.2, 0.25) is 0 Å². The van der Waals surface area contributed by atoms with Crippen LogP contribution in [-0.2, 0) is 4.74 Å².